The van der Waals surface area contributed by atoms with Gasteiger partial charge in [-0.1, -0.05) is 11.3 Å². The number of nitrogen functional groups attached to an aromatic ring is 1. The molecule has 0 aliphatic carbocycles. The maximum Gasteiger partial charge on any atom is 0.396 e. The Bertz CT molecular complexity index is 815. The second-order valence-electron chi connectivity index (χ2n) is 4.02. The van der Waals surface area contributed by atoms with Gasteiger partial charge in [0, 0.05) is 24.2 Å². The zero-order chi connectivity index (χ0) is 13.6. The highest BCUT2D eigenvalue weighted by atomic mass is 32.1. The Labute approximate surface area is 112 Å². The van der Waals surface area contributed by atoms with Gasteiger partial charge in [0.2, 0.25) is 0 Å². The summed E-state index contributed by atoms with van der Waals surface area (Å²) in [6.07, 6.45) is 1.66. The summed E-state index contributed by atoms with van der Waals surface area (Å²) in [5.41, 5.74) is 7.98. The number of aromatic nitrogens is 2. The molecule has 0 spiro atoms. The number of hydrogen-bond acceptors (Lipinski definition) is 6. The summed E-state index contributed by atoms with van der Waals surface area (Å²) in [7, 11) is 3.33. The van der Waals surface area contributed by atoms with Crippen molar-refractivity contribution in [3.63, 3.8) is 0 Å². The summed E-state index contributed by atoms with van der Waals surface area (Å²) in [5.74, 6) is 1.15. The van der Waals surface area contributed by atoms with Crippen LogP contribution in [0.15, 0.2) is 27.5 Å². The van der Waals surface area contributed by atoms with Crippen molar-refractivity contribution in [3.8, 4) is 16.9 Å². The molecule has 2 N–H and O–H groups in total. The van der Waals surface area contributed by atoms with Gasteiger partial charge in [-0.25, -0.2) is 4.79 Å². The van der Waals surface area contributed by atoms with Crippen molar-refractivity contribution < 1.29 is 9.15 Å². The number of aryl methyl sites for hydroxylation is 1. The molecule has 0 unspecified atom stereocenters. The van der Waals surface area contributed by atoms with Crippen molar-refractivity contribution in [2.45, 2.75) is 0 Å². The first-order valence-electron chi connectivity index (χ1n) is 5.49. The molecule has 2 aromatic heterocycles. The second kappa shape index (κ2) is 4.13. The Morgan fingerprint density at radius 1 is 1.42 bits per heavy atom. The zero-order valence-electron chi connectivity index (χ0n) is 10.3. The molecule has 0 atom stereocenters. The van der Waals surface area contributed by atoms with Crippen LogP contribution < -0.4 is 15.4 Å². The number of ether oxygens (including phenoxy) is 1. The lowest BCUT2D eigenvalue weighted by molar-refractivity contribution is 0.417. The SMILES string of the molecule is COc1cc2sc(=O)oc2cc1-c1cnn(C)c1N. The highest BCUT2D eigenvalue weighted by molar-refractivity contribution is 7.16. The summed E-state index contributed by atoms with van der Waals surface area (Å²) in [6.45, 7) is 0. The second-order valence-corrected chi connectivity index (χ2v) is 5.00. The molecule has 0 fully saturated rings. The lowest BCUT2D eigenvalue weighted by Crippen LogP contribution is -1.98. The van der Waals surface area contributed by atoms with Gasteiger partial charge in [0.1, 0.15) is 17.2 Å². The third-order valence-electron chi connectivity index (χ3n) is 2.93. The average Bonchev–Trinajstić information content (AvgIpc) is 2.90. The molecular formula is C12H11N3O3S. The third kappa shape index (κ3) is 1.78. The van der Waals surface area contributed by atoms with E-state index in [9.17, 15) is 4.79 Å². The lowest BCUT2D eigenvalue weighted by atomic mass is 10.1. The van der Waals surface area contributed by atoms with E-state index in [0.717, 1.165) is 27.2 Å². The first-order valence-corrected chi connectivity index (χ1v) is 6.31. The minimum Gasteiger partial charge on any atom is -0.496 e. The number of rotatable bonds is 2. The topological polar surface area (TPSA) is 83.3 Å². The van der Waals surface area contributed by atoms with E-state index >= 15 is 0 Å². The number of nitrogens with two attached hydrogens (primary N) is 1. The van der Waals surface area contributed by atoms with E-state index in [1.165, 1.54) is 0 Å². The van der Waals surface area contributed by atoms with E-state index in [-0.39, 0.29) is 4.94 Å². The number of methoxy groups -OCH3 is 1. The summed E-state index contributed by atoms with van der Waals surface area (Å²) in [5, 5.41) is 4.10. The Hall–Kier alpha value is -2.28. The van der Waals surface area contributed by atoms with Gasteiger partial charge in [0.25, 0.3) is 0 Å². The Balaban J connectivity index is 2.32. The van der Waals surface area contributed by atoms with E-state index in [1.54, 1.807) is 37.2 Å². The fourth-order valence-corrected chi connectivity index (χ4v) is 2.61. The quantitative estimate of drug-likeness (QED) is 0.772. The van der Waals surface area contributed by atoms with Crippen molar-refractivity contribution in [3.05, 3.63) is 28.1 Å². The van der Waals surface area contributed by atoms with Gasteiger partial charge in [-0.2, -0.15) is 5.10 Å². The Morgan fingerprint density at radius 2 is 2.21 bits per heavy atom. The molecule has 98 valence electrons. The highest BCUT2D eigenvalue weighted by Gasteiger charge is 2.15. The van der Waals surface area contributed by atoms with Gasteiger partial charge in [-0.05, 0) is 6.07 Å². The van der Waals surface area contributed by atoms with E-state index in [1.807, 2.05) is 0 Å². The van der Waals surface area contributed by atoms with Crippen LogP contribution in [0.4, 0.5) is 5.82 Å². The fourth-order valence-electron chi connectivity index (χ4n) is 1.94. The molecule has 7 heteroatoms. The van der Waals surface area contributed by atoms with Gasteiger partial charge in [-0.3, -0.25) is 4.68 Å². The smallest absolute Gasteiger partial charge is 0.396 e. The van der Waals surface area contributed by atoms with E-state index in [2.05, 4.69) is 5.10 Å². The molecule has 0 aliphatic heterocycles. The zero-order valence-corrected chi connectivity index (χ0v) is 11.2. The maximum absolute atomic E-state index is 11.3. The molecule has 2 heterocycles. The van der Waals surface area contributed by atoms with Crippen LogP contribution in [0.3, 0.4) is 0 Å². The summed E-state index contributed by atoms with van der Waals surface area (Å²) in [4.78, 5) is 10.9. The number of anilines is 1. The van der Waals surface area contributed by atoms with Crippen molar-refractivity contribution >= 4 is 27.4 Å². The summed E-state index contributed by atoms with van der Waals surface area (Å²) < 4.78 is 12.8. The van der Waals surface area contributed by atoms with Crippen molar-refractivity contribution in [2.75, 3.05) is 12.8 Å². The van der Waals surface area contributed by atoms with Gasteiger partial charge in [0.15, 0.2) is 0 Å². The predicted molar refractivity (Wildman–Crippen MR) is 73.5 cm³/mol. The molecule has 0 saturated carbocycles. The molecule has 0 amide bonds. The van der Waals surface area contributed by atoms with Crippen LogP contribution in [0, 0.1) is 0 Å². The molecule has 3 rings (SSSR count). The molecular weight excluding hydrogens is 266 g/mol. The van der Waals surface area contributed by atoms with Crippen molar-refractivity contribution in [1.82, 2.24) is 9.78 Å². The standard InChI is InChI=1S/C12H11N3O3S/c1-15-11(13)7(5-14-15)6-3-9-10(4-8(6)17-2)19-12(16)18-9/h3-5H,13H2,1-2H3. The normalized spacial score (nSPS) is 11.1. The van der Waals surface area contributed by atoms with E-state index < -0.39 is 0 Å². The number of hydrogen-bond donors (Lipinski definition) is 1. The minimum absolute atomic E-state index is 0.339. The molecule has 1 aromatic carbocycles. The first kappa shape index (κ1) is 11.8. The largest absolute Gasteiger partial charge is 0.496 e. The van der Waals surface area contributed by atoms with Gasteiger partial charge < -0.3 is 14.9 Å². The van der Waals surface area contributed by atoms with Crippen LogP contribution in [0.5, 0.6) is 5.75 Å². The van der Waals surface area contributed by atoms with Gasteiger partial charge in [0.05, 0.1) is 18.0 Å². The number of fused-ring (bicyclic) bond motifs is 1. The molecule has 0 radical (unpaired) electrons. The van der Waals surface area contributed by atoms with Crippen LogP contribution in [-0.4, -0.2) is 16.9 Å². The first-order chi connectivity index (χ1) is 9.10. The summed E-state index contributed by atoms with van der Waals surface area (Å²) in [6, 6.07) is 3.52. The van der Waals surface area contributed by atoms with Crippen LogP contribution in [0.2, 0.25) is 0 Å². The highest BCUT2D eigenvalue weighted by Crippen LogP contribution is 2.37. The average molecular weight is 277 g/mol. The molecule has 6 nitrogen and oxygen atoms in total. The molecule has 0 aliphatic rings. The number of benzene rings is 1. The van der Waals surface area contributed by atoms with Gasteiger partial charge in [-0.15, -0.1) is 0 Å². The van der Waals surface area contributed by atoms with Crippen LogP contribution in [0.25, 0.3) is 21.4 Å². The van der Waals surface area contributed by atoms with Crippen molar-refractivity contribution in [1.29, 1.82) is 0 Å². The van der Waals surface area contributed by atoms with Crippen LogP contribution in [-0.2, 0) is 7.05 Å². The maximum atomic E-state index is 11.3. The van der Waals surface area contributed by atoms with E-state index in [0.29, 0.717) is 17.2 Å². The van der Waals surface area contributed by atoms with Crippen LogP contribution in [0.1, 0.15) is 0 Å². The predicted octanol–water partition coefficient (Wildman–Crippen LogP) is 1.85. The number of nitrogens with zero attached hydrogens (tertiary/aromatic N) is 2. The minimum atomic E-state index is -0.339. The Kier molecular flexibility index (Phi) is 2.56. The summed E-state index contributed by atoms with van der Waals surface area (Å²) >= 11 is 1.04. The fraction of sp³-hybridized carbons (Fsp3) is 0.167. The lowest BCUT2D eigenvalue weighted by Gasteiger charge is -2.07. The van der Waals surface area contributed by atoms with Crippen molar-refractivity contribution in [2.24, 2.45) is 7.05 Å². The molecule has 3 aromatic rings. The Morgan fingerprint density at radius 3 is 2.84 bits per heavy atom. The third-order valence-corrected chi connectivity index (χ3v) is 3.72. The van der Waals surface area contributed by atoms with Crippen LogP contribution >= 0.6 is 11.3 Å². The molecule has 19 heavy (non-hydrogen) atoms. The molecule has 0 saturated heterocycles. The molecule has 0 bridgehead atoms. The van der Waals surface area contributed by atoms with Gasteiger partial charge >= 0.3 is 4.94 Å². The monoisotopic (exact) mass is 277 g/mol. The van der Waals surface area contributed by atoms with E-state index in [4.69, 9.17) is 14.9 Å².